The summed E-state index contributed by atoms with van der Waals surface area (Å²) in [5.74, 6) is 0.773. The maximum absolute atomic E-state index is 6.33. The number of hydrogen-bond donors (Lipinski definition) is 0. The zero-order valence-electron chi connectivity index (χ0n) is 15.1. The molecule has 3 saturated heterocycles. The normalized spacial score (nSPS) is 26.0. The van der Waals surface area contributed by atoms with Crippen LogP contribution in [0.4, 0.5) is 11.4 Å². The van der Waals surface area contributed by atoms with Crippen LogP contribution in [0.3, 0.4) is 0 Å². The molecule has 3 nitrogen and oxygen atoms in total. The van der Waals surface area contributed by atoms with Gasteiger partial charge in [-0.1, -0.05) is 30.0 Å². The predicted octanol–water partition coefficient (Wildman–Crippen LogP) is 4.95. The van der Waals surface area contributed by atoms with E-state index in [-0.39, 0.29) is 12.4 Å². The van der Waals surface area contributed by atoms with E-state index in [1.54, 1.807) is 0 Å². The predicted molar refractivity (Wildman–Crippen MR) is 110 cm³/mol. The maximum atomic E-state index is 6.33. The Morgan fingerprint density at radius 1 is 1.04 bits per heavy atom. The molecule has 0 amide bonds. The molecule has 0 aliphatic carbocycles. The maximum Gasteiger partial charge on any atom is 0.0735 e. The smallest absolute Gasteiger partial charge is 0.0735 e. The van der Waals surface area contributed by atoms with Gasteiger partial charge in [0.25, 0.3) is 0 Å². The number of ether oxygens (including phenoxy) is 1. The SMILES string of the molecule is CN1c2ccccc2Sc2cc(CO[C@@H]3CN4CCC3CC4)ccc21.Cl. The Hall–Kier alpha value is -1.20. The highest BCUT2D eigenvalue weighted by Crippen LogP contribution is 2.47. The van der Waals surface area contributed by atoms with Gasteiger partial charge in [0.15, 0.2) is 0 Å². The van der Waals surface area contributed by atoms with E-state index in [1.807, 2.05) is 11.8 Å². The fraction of sp³-hybridized carbons (Fsp3) is 0.429. The average Bonchev–Trinajstić information content (AvgIpc) is 2.67. The van der Waals surface area contributed by atoms with Gasteiger partial charge in [0.05, 0.1) is 24.1 Å². The van der Waals surface area contributed by atoms with Gasteiger partial charge in [-0.15, -0.1) is 12.4 Å². The second-order valence-electron chi connectivity index (χ2n) is 7.42. The van der Waals surface area contributed by atoms with Gasteiger partial charge in [-0.05, 0) is 61.7 Å². The average molecular weight is 389 g/mol. The molecule has 2 aromatic carbocycles. The molecule has 3 fully saturated rings. The first-order valence-corrected chi connectivity index (χ1v) is 10.1. The van der Waals surface area contributed by atoms with Crippen molar-refractivity contribution >= 4 is 35.5 Å². The minimum atomic E-state index is 0. The highest BCUT2D eigenvalue weighted by atomic mass is 35.5. The zero-order chi connectivity index (χ0) is 16.8. The lowest BCUT2D eigenvalue weighted by molar-refractivity contribution is -0.0766. The van der Waals surface area contributed by atoms with Crippen molar-refractivity contribution in [3.63, 3.8) is 0 Å². The van der Waals surface area contributed by atoms with E-state index in [4.69, 9.17) is 4.74 Å². The third-order valence-corrected chi connectivity index (χ3v) is 7.00. The second-order valence-corrected chi connectivity index (χ2v) is 8.50. The van der Waals surface area contributed by atoms with Crippen molar-refractivity contribution in [2.45, 2.75) is 35.3 Å². The molecule has 0 aromatic heterocycles. The minimum absolute atomic E-state index is 0. The molecule has 0 radical (unpaired) electrons. The molecule has 138 valence electrons. The standard InChI is InChI=1S/C21H24N2OS.ClH/c1-22-17-4-2-3-5-20(17)25-21-12-15(6-7-18(21)22)14-24-19-13-23-10-8-16(19)9-11-23;/h2-7,12,16,19H,8-11,13-14H2,1H3;1H/t19-;/m1./s1. The van der Waals surface area contributed by atoms with Crippen molar-refractivity contribution < 1.29 is 4.74 Å². The monoisotopic (exact) mass is 388 g/mol. The number of piperidine rings is 3. The lowest BCUT2D eigenvalue weighted by Crippen LogP contribution is -2.51. The summed E-state index contributed by atoms with van der Waals surface area (Å²) in [7, 11) is 2.15. The molecule has 5 heteroatoms. The van der Waals surface area contributed by atoms with E-state index in [2.05, 4.69) is 59.3 Å². The summed E-state index contributed by atoms with van der Waals surface area (Å²) in [6.07, 6.45) is 3.05. The molecule has 6 rings (SSSR count). The molecule has 2 aromatic rings. The highest BCUT2D eigenvalue weighted by Gasteiger charge is 2.34. The van der Waals surface area contributed by atoms with E-state index in [9.17, 15) is 0 Å². The molecular formula is C21H25ClN2OS. The van der Waals surface area contributed by atoms with Crippen LogP contribution in [0.1, 0.15) is 18.4 Å². The van der Waals surface area contributed by atoms with Gasteiger partial charge in [-0.3, -0.25) is 0 Å². The van der Waals surface area contributed by atoms with E-state index in [0.717, 1.165) is 19.1 Å². The minimum Gasteiger partial charge on any atom is -0.372 e. The van der Waals surface area contributed by atoms with Gasteiger partial charge >= 0.3 is 0 Å². The van der Waals surface area contributed by atoms with Crippen LogP contribution < -0.4 is 4.90 Å². The van der Waals surface area contributed by atoms with Gasteiger partial charge in [0, 0.05) is 23.4 Å². The number of hydrogen-bond acceptors (Lipinski definition) is 4. The first kappa shape index (κ1) is 18.2. The van der Waals surface area contributed by atoms with Crippen LogP contribution in [0.15, 0.2) is 52.3 Å². The van der Waals surface area contributed by atoms with Crippen molar-refractivity contribution in [2.75, 3.05) is 31.6 Å². The van der Waals surface area contributed by atoms with E-state index in [1.165, 1.54) is 52.7 Å². The summed E-state index contributed by atoms with van der Waals surface area (Å²) in [6.45, 7) is 4.40. The fourth-order valence-electron chi connectivity index (χ4n) is 4.38. The Morgan fingerprint density at radius 2 is 1.81 bits per heavy atom. The van der Waals surface area contributed by atoms with Crippen LogP contribution >= 0.6 is 24.2 Å². The number of fused-ring (bicyclic) bond motifs is 5. The summed E-state index contributed by atoms with van der Waals surface area (Å²) in [4.78, 5) is 7.50. The number of benzene rings is 2. The topological polar surface area (TPSA) is 15.7 Å². The van der Waals surface area contributed by atoms with Crippen LogP contribution in [-0.2, 0) is 11.3 Å². The highest BCUT2D eigenvalue weighted by molar-refractivity contribution is 7.99. The Labute approximate surface area is 166 Å². The number of nitrogens with zero attached hydrogens (tertiary/aromatic N) is 2. The second kappa shape index (κ2) is 7.43. The number of anilines is 2. The first-order chi connectivity index (χ1) is 12.3. The van der Waals surface area contributed by atoms with Crippen LogP contribution in [0.25, 0.3) is 0 Å². The fourth-order valence-corrected chi connectivity index (χ4v) is 5.59. The van der Waals surface area contributed by atoms with E-state index < -0.39 is 0 Å². The Morgan fingerprint density at radius 3 is 2.58 bits per heavy atom. The molecule has 4 heterocycles. The van der Waals surface area contributed by atoms with E-state index in [0.29, 0.717) is 6.10 Å². The third-order valence-electron chi connectivity index (χ3n) is 5.89. The molecule has 0 unspecified atom stereocenters. The number of para-hydroxylation sites is 1. The molecule has 2 bridgehead atoms. The summed E-state index contributed by atoms with van der Waals surface area (Å²) in [5.41, 5.74) is 3.86. The van der Waals surface area contributed by atoms with Crippen molar-refractivity contribution in [2.24, 2.45) is 5.92 Å². The van der Waals surface area contributed by atoms with Gasteiger partial charge in [-0.25, -0.2) is 0 Å². The molecule has 26 heavy (non-hydrogen) atoms. The molecule has 1 atom stereocenters. The lowest BCUT2D eigenvalue weighted by atomic mass is 9.86. The zero-order valence-corrected chi connectivity index (χ0v) is 16.7. The van der Waals surface area contributed by atoms with E-state index >= 15 is 0 Å². The van der Waals surface area contributed by atoms with Gasteiger partial charge in [-0.2, -0.15) is 0 Å². The molecule has 0 N–H and O–H groups in total. The molecule has 4 aliphatic rings. The van der Waals surface area contributed by atoms with Crippen LogP contribution in [0.2, 0.25) is 0 Å². The molecule has 4 aliphatic heterocycles. The van der Waals surface area contributed by atoms with Crippen LogP contribution in [0, 0.1) is 5.92 Å². The molecule has 0 saturated carbocycles. The number of rotatable bonds is 3. The van der Waals surface area contributed by atoms with Crippen molar-refractivity contribution in [1.29, 1.82) is 0 Å². The summed E-state index contributed by atoms with van der Waals surface area (Å²) in [6, 6.07) is 15.4. The summed E-state index contributed by atoms with van der Waals surface area (Å²) >= 11 is 1.87. The van der Waals surface area contributed by atoms with Gasteiger partial charge in [0.2, 0.25) is 0 Å². The van der Waals surface area contributed by atoms with Crippen molar-refractivity contribution in [3.05, 3.63) is 48.0 Å². The number of halogens is 1. The summed E-state index contributed by atoms with van der Waals surface area (Å²) in [5, 5.41) is 0. The van der Waals surface area contributed by atoms with Crippen LogP contribution in [-0.4, -0.2) is 37.7 Å². The lowest BCUT2D eigenvalue weighted by Gasteiger charge is -2.44. The summed E-state index contributed by atoms with van der Waals surface area (Å²) < 4.78 is 6.33. The Bertz CT molecular complexity index is 791. The van der Waals surface area contributed by atoms with Gasteiger partial charge in [0.1, 0.15) is 0 Å². The molecule has 0 spiro atoms. The molecular weight excluding hydrogens is 364 g/mol. The Kier molecular flexibility index (Phi) is 5.20. The first-order valence-electron chi connectivity index (χ1n) is 9.25. The van der Waals surface area contributed by atoms with Crippen LogP contribution in [0.5, 0.6) is 0 Å². The largest absolute Gasteiger partial charge is 0.372 e. The Balaban J connectivity index is 0.00000168. The third kappa shape index (κ3) is 3.24. The quantitative estimate of drug-likeness (QED) is 0.738. The van der Waals surface area contributed by atoms with Crippen molar-refractivity contribution in [3.8, 4) is 0 Å². The van der Waals surface area contributed by atoms with Crippen molar-refractivity contribution in [1.82, 2.24) is 4.90 Å². The van der Waals surface area contributed by atoms with Gasteiger partial charge < -0.3 is 14.5 Å².